The standard InChI is InChI=1S/C13H22O2/c1-6-12(14)15-13(5)7-9(2)11(4)10(3)8-13/h6,9-11H,1,7-8H2,2-5H3. The minimum absolute atomic E-state index is 0.295. The molecule has 2 unspecified atom stereocenters. The van der Waals surface area contributed by atoms with Crippen LogP contribution in [0.5, 0.6) is 0 Å². The zero-order chi connectivity index (χ0) is 11.6. The Hall–Kier alpha value is -0.790. The number of esters is 1. The van der Waals surface area contributed by atoms with E-state index in [2.05, 4.69) is 27.4 Å². The maximum absolute atomic E-state index is 11.2. The molecule has 2 atom stereocenters. The van der Waals surface area contributed by atoms with E-state index in [0.717, 1.165) is 12.8 Å². The molecule has 1 aliphatic carbocycles. The second kappa shape index (κ2) is 4.38. The molecule has 0 spiro atoms. The lowest BCUT2D eigenvalue weighted by Crippen LogP contribution is -2.42. The van der Waals surface area contributed by atoms with Crippen LogP contribution in [0, 0.1) is 17.8 Å². The van der Waals surface area contributed by atoms with Crippen molar-refractivity contribution in [1.29, 1.82) is 0 Å². The fourth-order valence-corrected chi connectivity index (χ4v) is 2.75. The van der Waals surface area contributed by atoms with Gasteiger partial charge >= 0.3 is 5.97 Å². The van der Waals surface area contributed by atoms with Crippen LogP contribution in [0.3, 0.4) is 0 Å². The number of ether oxygens (including phenoxy) is 1. The van der Waals surface area contributed by atoms with E-state index in [0.29, 0.717) is 17.8 Å². The zero-order valence-electron chi connectivity index (χ0n) is 10.2. The fourth-order valence-electron chi connectivity index (χ4n) is 2.75. The molecular formula is C13H22O2. The number of carbonyl (C=O) groups is 1. The lowest BCUT2D eigenvalue weighted by atomic mass is 9.68. The van der Waals surface area contributed by atoms with Gasteiger partial charge < -0.3 is 4.74 Å². The molecule has 0 bridgehead atoms. The van der Waals surface area contributed by atoms with Crippen LogP contribution < -0.4 is 0 Å². The molecule has 1 saturated carbocycles. The first-order valence-corrected chi connectivity index (χ1v) is 5.73. The lowest BCUT2D eigenvalue weighted by molar-refractivity contribution is -0.160. The van der Waals surface area contributed by atoms with E-state index in [1.807, 2.05) is 6.92 Å². The first-order chi connectivity index (χ1) is 6.88. The van der Waals surface area contributed by atoms with Gasteiger partial charge in [0.2, 0.25) is 0 Å². The van der Waals surface area contributed by atoms with Crippen LogP contribution >= 0.6 is 0 Å². The van der Waals surface area contributed by atoms with Gasteiger partial charge in [-0.25, -0.2) is 4.79 Å². The average molecular weight is 210 g/mol. The van der Waals surface area contributed by atoms with Crippen LogP contribution in [-0.2, 0) is 9.53 Å². The first-order valence-electron chi connectivity index (χ1n) is 5.73. The molecular weight excluding hydrogens is 188 g/mol. The molecule has 0 amide bonds. The van der Waals surface area contributed by atoms with Gasteiger partial charge in [0.15, 0.2) is 0 Å². The Kier molecular flexibility index (Phi) is 3.58. The van der Waals surface area contributed by atoms with Crippen molar-refractivity contribution in [2.45, 2.75) is 46.1 Å². The molecule has 2 nitrogen and oxygen atoms in total. The van der Waals surface area contributed by atoms with Gasteiger partial charge in [-0.1, -0.05) is 27.4 Å². The molecule has 0 N–H and O–H groups in total. The van der Waals surface area contributed by atoms with Crippen molar-refractivity contribution in [2.24, 2.45) is 17.8 Å². The van der Waals surface area contributed by atoms with Crippen LogP contribution in [0.2, 0.25) is 0 Å². The summed E-state index contributed by atoms with van der Waals surface area (Å²) in [5.74, 6) is 1.62. The van der Waals surface area contributed by atoms with Crippen molar-refractivity contribution >= 4 is 5.97 Å². The van der Waals surface area contributed by atoms with Crippen LogP contribution in [0.15, 0.2) is 12.7 Å². The van der Waals surface area contributed by atoms with Gasteiger partial charge in [-0.2, -0.15) is 0 Å². The summed E-state index contributed by atoms with van der Waals surface area (Å²) < 4.78 is 5.46. The van der Waals surface area contributed by atoms with E-state index in [1.54, 1.807) is 0 Å². The van der Waals surface area contributed by atoms with Gasteiger partial charge in [-0.3, -0.25) is 0 Å². The van der Waals surface area contributed by atoms with Crippen molar-refractivity contribution in [3.8, 4) is 0 Å². The summed E-state index contributed by atoms with van der Waals surface area (Å²) in [7, 11) is 0. The summed E-state index contributed by atoms with van der Waals surface area (Å²) in [6.45, 7) is 12.2. The van der Waals surface area contributed by atoms with Crippen molar-refractivity contribution < 1.29 is 9.53 Å². The molecule has 1 fully saturated rings. The number of carbonyl (C=O) groups excluding carboxylic acids is 1. The van der Waals surface area contributed by atoms with E-state index < -0.39 is 0 Å². The van der Waals surface area contributed by atoms with Gasteiger partial charge in [0.25, 0.3) is 0 Å². The third kappa shape index (κ3) is 2.83. The van der Waals surface area contributed by atoms with Gasteiger partial charge in [0.1, 0.15) is 5.60 Å². The molecule has 0 aliphatic heterocycles. The Morgan fingerprint density at radius 3 is 2.20 bits per heavy atom. The molecule has 0 saturated heterocycles. The number of hydrogen-bond acceptors (Lipinski definition) is 2. The molecule has 0 aromatic heterocycles. The Balaban J connectivity index is 2.69. The van der Waals surface area contributed by atoms with Crippen molar-refractivity contribution in [3.63, 3.8) is 0 Å². The molecule has 15 heavy (non-hydrogen) atoms. The quantitative estimate of drug-likeness (QED) is 0.517. The number of rotatable bonds is 2. The maximum atomic E-state index is 11.2. The minimum Gasteiger partial charge on any atom is -0.456 e. The summed E-state index contributed by atoms with van der Waals surface area (Å²) in [5.41, 5.74) is -0.295. The third-order valence-electron chi connectivity index (χ3n) is 3.82. The van der Waals surface area contributed by atoms with Crippen LogP contribution in [0.1, 0.15) is 40.5 Å². The van der Waals surface area contributed by atoms with Gasteiger partial charge in [-0.15, -0.1) is 0 Å². The third-order valence-corrected chi connectivity index (χ3v) is 3.82. The van der Waals surface area contributed by atoms with E-state index in [-0.39, 0.29) is 11.6 Å². The fraction of sp³-hybridized carbons (Fsp3) is 0.769. The summed E-state index contributed by atoms with van der Waals surface area (Å²) >= 11 is 0. The average Bonchev–Trinajstić information content (AvgIpc) is 2.13. The smallest absolute Gasteiger partial charge is 0.330 e. The monoisotopic (exact) mass is 210 g/mol. The highest BCUT2D eigenvalue weighted by Gasteiger charge is 2.40. The topological polar surface area (TPSA) is 26.3 Å². The molecule has 0 aromatic rings. The summed E-state index contributed by atoms with van der Waals surface area (Å²) in [6, 6.07) is 0. The largest absolute Gasteiger partial charge is 0.456 e. The minimum atomic E-state index is -0.300. The lowest BCUT2D eigenvalue weighted by Gasteiger charge is -2.43. The molecule has 0 heterocycles. The highest BCUT2D eigenvalue weighted by Crippen LogP contribution is 2.41. The van der Waals surface area contributed by atoms with E-state index in [1.165, 1.54) is 6.08 Å². The van der Waals surface area contributed by atoms with Gasteiger partial charge in [0.05, 0.1) is 0 Å². The molecule has 2 heteroatoms. The van der Waals surface area contributed by atoms with Gasteiger partial charge in [0, 0.05) is 6.08 Å². The Labute approximate surface area is 92.7 Å². The summed E-state index contributed by atoms with van der Waals surface area (Å²) in [5, 5.41) is 0. The van der Waals surface area contributed by atoms with Crippen LogP contribution in [-0.4, -0.2) is 11.6 Å². The highest BCUT2D eigenvalue weighted by molar-refractivity contribution is 5.81. The van der Waals surface area contributed by atoms with Gasteiger partial charge in [-0.05, 0) is 37.5 Å². The first kappa shape index (κ1) is 12.3. The molecule has 86 valence electrons. The maximum Gasteiger partial charge on any atom is 0.330 e. The van der Waals surface area contributed by atoms with E-state index >= 15 is 0 Å². The second-order valence-electron chi connectivity index (χ2n) is 5.30. The van der Waals surface area contributed by atoms with Crippen molar-refractivity contribution in [3.05, 3.63) is 12.7 Å². The molecule has 0 radical (unpaired) electrons. The Morgan fingerprint density at radius 2 is 1.80 bits per heavy atom. The van der Waals surface area contributed by atoms with Crippen molar-refractivity contribution in [1.82, 2.24) is 0 Å². The van der Waals surface area contributed by atoms with Crippen LogP contribution in [0.25, 0.3) is 0 Å². The predicted molar refractivity (Wildman–Crippen MR) is 61.4 cm³/mol. The van der Waals surface area contributed by atoms with E-state index in [4.69, 9.17) is 4.74 Å². The Bertz CT molecular complexity index is 245. The molecule has 0 aromatic carbocycles. The SMILES string of the molecule is C=CC(=O)OC1(C)CC(C)C(C)C(C)C1. The highest BCUT2D eigenvalue weighted by atomic mass is 16.6. The Morgan fingerprint density at radius 1 is 1.33 bits per heavy atom. The molecule has 1 aliphatic rings. The normalized spacial score (nSPS) is 40.9. The molecule has 1 rings (SSSR count). The second-order valence-corrected chi connectivity index (χ2v) is 5.30. The summed E-state index contributed by atoms with van der Waals surface area (Å²) in [4.78, 5) is 11.2. The summed E-state index contributed by atoms with van der Waals surface area (Å²) in [6.07, 6.45) is 3.16. The van der Waals surface area contributed by atoms with Crippen LogP contribution in [0.4, 0.5) is 0 Å². The number of hydrogen-bond donors (Lipinski definition) is 0. The zero-order valence-corrected chi connectivity index (χ0v) is 10.2. The van der Waals surface area contributed by atoms with Crippen molar-refractivity contribution in [2.75, 3.05) is 0 Å². The van der Waals surface area contributed by atoms with E-state index in [9.17, 15) is 4.79 Å². The predicted octanol–water partition coefficient (Wildman–Crippen LogP) is 3.18.